The third-order valence-corrected chi connectivity index (χ3v) is 6.51. The number of piperazine rings is 1. The lowest BCUT2D eigenvalue weighted by Gasteiger charge is -2.34. The zero-order valence-corrected chi connectivity index (χ0v) is 19.0. The van der Waals surface area contributed by atoms with Gasteiger partial charge >= 0.3 is 6.03 Å². The number of likely N-dealkylation sites (tertiary alicyclic amines) is 2. The highest BCUT2D eigenvalue weighted by atomic mass is 19.2. The molecule has 10 heteroatoms. The Hall–Kier alpha value is -3.27. The molecular formula is C24H27F3N4O3. The molecule has 4 rings (SSSR count). The lowest BCUT2D eigenvalue weighted by Crippen LogP contribution is -2.52. The Morgan fingerprint density at radius 3 is 2.41 bits per heavy atom. The Bertz CT molecular complexity index is 1110. The van der Waals surface area contributed by atoms with Crippen molar-refractivity contribution in [3.63, 3.8) is 0 Å². The first-order valence-corrected chi connectivity index (χ1v) is 11.1. The van der Waals surface area contributed by atoms with Crippen molar-refractivity contribution in [3.05, 3.63) is 58.9 Å². The first-order chi connectivity index (χ1) is 16.2. The van der Waals surface area contributed by atoms with Crippen LogP contribution in [-0.2, 0) is 11.2 Å². The molecule has 34 heavy (non-hydrogen) atoms. The number of aryl methyl sites for hydroxylation is 1. The largest absolute Gasteiger partial charge is 0.497 e. The van der Waals surface area contributed by atoms with Crippen molar-refractivity contribution in [2.45, 2.75) is 44.3 Å². The van der Waals surface area contributed by atoms with Crippen molar-refractivity contribution >= 4 is 17.6 Å². The SMILES string of the molecule is COc1ccc(NC(=O)N2C[C@@H]3C[C@H]2CN3C(=O)C[C@H](N)Cc2cc(F)c(F)cc2F)c(C)c1. The molecule has 182 valence electrons. The van der Waals surface area contributed by atoms with E-state index in [4.69, 9.17) is 10.5 Å². The quantitative estimate of drug-likeness (QED) is 0.627. The van der Waals surface area contributed by atoms with E-state index in [9.17, 15) is 22.8 Å². The maximum absolute atomic E-state index is 13.9. The molecule has 7 nitrogen and oxygen atoms in total. The van der Waals surface area contributed by atoms with Crippen LogP contribution in [-0.4, -0.2) is 60.1 Å². The minimum absolute atomic E-state index is 0.0567. The normalized spacial score (nSPS) is 19.9. The summed E-state index contributed by atoms with van der Waals surface area (Å²) in [6.07, 6.45) is 0.527. The molecule has 3 atom stereocenters. The van der Waals surface area contributed by atoms with E-state index in [-0.39, 0.29) is 42.4 Å². The van der Waals surface area contributed by atoms with Gasteiger partial charge in [0.25, 0.3) is 0 Å². The standard InChI is InChI=1S/C24H27F3N4O3/c1-13-5-18(34-2)3-4-22(13)29-24(33)31-12-16-9-17(31)11-30(16)23(32)8-15(28)6-14-7-20(26)21(27)10-19(14)25/h3-5,7,10,15-17H,6,8-9,11-12,28H2,1-2H3,(H,29,33)/t15-,16+,17+/m1/s1. The average Bonchev–Trinajstić information content (AvgIpc) is 3.40. The van der Waals surface area contributed by atoms with Gasteiger partial charge in [-0.1, -0.05) is 0 Å². The summed E-state index contributed by atoms with van der Waals surface area (Å²) >= 11 is 0. The molecule has 0 saturated carbocycles. The molecular weight excluding hydrogens is 449 g/mol. The number of urea groups is 1. The number of hydrogen-bond donors (Lipinski definition) is 2. The number of halogens is 3. The minimum Gasteiger partial charge on any atom is -0.497 e. The van der Waals surface area contributed by atoms with Gasteiger partial charge in [-0.3, -0.25) is 4.79 Å². The van der Waals surface area contributed by atoms with Gasteiger partial charge in [-0.15, -0.1) is 0 Å². The number of amides is 3. The third kappa shape index (κ3) is 4.82. The van der Waals surface area contributed by atoms with Gasteiger partial charge < -0.3 is 25.6 Å². The predicted molar refractivity (Wildman–Crippen MR) is 120 cm³/mol. The first-order valence-electron chi connectivity index (χ1n) is 11.1. The molecule has 2 saturated heterocycles. The number of methoxy groups -OCH3 is 1. The molecule has 3 N–H and O–H groups in total. The second-order valence-corrected chi connectivity index (χ2v) is 8.88. The molecule has 0 unspecified atom stereocenters. The van der Waals surface area contributed by atoms with Crippen molar-refractivity contribution < 1.29 is 27.5 Å². The van der Waals surface area contributed by atoms with Crippen LogP contribution in [0.1, 0.15) is 24.0 Å². The summed E-state index contributed by atoms with van der Waals surface area (Å²) in [6, 6.07) is 5.45. The van der Waals surface area contributed by atoms with Crippen LogP contribution in [0.4, 0.5) is 23.7 Å². The fraction of sp³-hybridized carbons (Fsp3) is 0.417. The Labute approximate surface area is 195 Å². The van der Waals surface area contributed by atoms with Crippen LogP contribution in [0.5, 0.6) is 5.75 Å². The summed E-state index contributed by atoms with van der Waals surface area (Å²) in [5.74, 6) is -2.81. The fourth-order valence-corrected chi connectivity index (χ4v) is 4.73. The zero-order valence-electron chi connectivity index (χ0n) is 19.0. The van der Waals surface area contributed by atoms with Gasteiger partial charge in [-0.25, -0.2) is 18.0 Å². The number of nitrogens with one attached hydrogen (secondary N) is 1. The number of hydrogen-bond acceptors (Lipinski definition) is 4. The van der Waals surface area contributed by atoms with E-state index in [1.165, 1.54) is 0 Å². The van der Waals surface area contributed by atoms with Crippen LogP contribution >= 0.6 is 0 Å². The molecule has 2 bridgehead atoms. The highest BCUT2D eigenvalue weighted by molar-refractivity contribution is 5.91. The lowest BCUT2D eigenvalue weighted by atomic mass is 10.0. The Morgan fingerprint density at radius 2 is 1.76 bits per heavy atom. The average molecular weight is 476 g/mol. The van der Waals surface area contributed by atoms with E-state index in [0.29, 0.717) is 37.0 Å². The van der Waals surface area contributed by atoms with Crippen molar-refractivity contribution in [2.24, 2.45) is 5.73 Å². The van der Waals surface area contributed by atoms with Gasteiger partial charge in [0.2, 0.25) is 5.91 Å². The van der Waals surface area contributed by atoms with E-state index in [2.05, 4.69) is 5.32 Å². The fourth-order valence-electron chi connectivity index (χ4n) is 4.73. The highest BCUT2D eigenvalue weighted by Gasteiger charge is 2.47. The number of carbonyl (C=O) groups excluding carboxylic acids is 2. The van der Waals surface area contributed by atoms with Crippen molar-refractivity contribution in [3.8, 4) is 5.75 Å². The number of carbonyl (C=O) groups is 2. The number of fused-ring (bicyclic) bond motifs is 2. The maximum atomic E-state index is 13.9. The van der Waals surface area contributed by atoms with Crippen molar-refractivity contribution in [2.75, 3.05) is 25.5 Å². The monoisotopic (exact) mass is 476 g/mol. The second kappa shape index (κ2) is 9.54. The Balaban J connectivity index is 1.31. The van der Waals surface area contributed by atoms with Crippen LogP contribution in [0, 0.1) is 24.4 Å². The molecule has 2 aliphatic heterocycles. The molecule has 0 aromatic heterocycles. The first kappa shape index (κ1) is 23.9. The number of rotatable bonds is 6. The van der Waals surface area contributed by atoms with Gasteiger partial charge in [0, 0.05) is 37.3 Å². The lowest BCUT2D eigenvalue weighted by molar-refractivity contribution is -0.133. The summed E-state index contributed by atoms with van der Waals surface area (Å²) in [4.78, 5) is 29.1. The van der Waals surface area contributed by atoms with E-state index < -0.39 is 23.5 Å². The van der Waals surface area contributed by atoms with Crippen LogP contribution in [0.15, 0.2) is 30.3 Å². The van der Waals surface area contributed by atoms with E-state index in [1.807, 2.05) is 13.0 Å². The van der Waals surface area contributed by atoms with Crippen LogP contribution < -0.4 is 15.8 Å². The van der Waals surface area contributed by atoms with Gasteiger partial charge in [0.05, 0.1) is 19.2 Å². The number of nitrogens with zero attached hydrogens (tertiary/aromatic N) is 2. The number of ether oxygens (including phenoxy) is 1. The summed E-state index contributed by atoms with van der Waals surface area (Å²) in [7, 11) is 1.58. The van der Waals surface area contributed by atoms with Crippen molar-refractivity contribution in [1.82, 2.24) is 9.80 Å². The van der Waals surface area contributed by atoms with Crippen molar-refractivity contribution in [1.29, 1.82) is 0 Å². The molecule has 3 amide bonds. The second-order valence-electron chi connectivity index (χ2n) is 8.88. The molecule has 0 radical (unpaired) electrons. The molecule has 2 aromatic rings. The molecule has 2 aliphatic rings. The summed E-state index contributed by atoms with van der Waals surface area (Å²) < 4.78 is 45.6. The van der Waals surface area contributed by atoms with E-state index >= 15 is 0 Å². The van der Waals surface area contributed by atoms with Gasteiger partial charge in [-0.05, 0) is 55.2 Å². The third-order valence-electron chi connectivity index (χ3n) is 6.51. The minimum atomic E-state index is -1.27. The maximum Gasteiger partial charge on any atom is 0.322 e. The van der Waals surface area contributed by atoms with Gasteiger partial charge in [0.15, 0.2) is 11.6 Å². The highest BCUT2D eigenvalue weighted by Crippen LogP contribution is 2.32. The Morgan fingerprint density at radius 1 is 1.09 bits per heavy atom. The molecule has 2 heterocycles. The van der Waals surface area contributed by atoms with E-state index in [0.717, 1.165) is 11.6 Å². The molecule has 0 aliphatic carbocycles. The topological polar surface area (TPSA) is 87.9 Å². The van der Waals surface area contributed by atoms with Crippen LogP contribution in [0.3, 0.4) is 0 Å². The molecule has 2 fully saturated rings. The smallest absolute Gasteiger partial charge is 0.322 e. The zero-order chi connectivity index (χ0) is 24.6. The summed E-state index contributed by atoms with van der Waals surface area (Å²) in [5, 5.41) is 2.92. The summed E-state index contributed by atoms with van der Waals surface area (Å²) in [6.45, 7) is 2.68. The van der Waals surface area contributed by atoms with E-state index in [1.54, 1.807) is 29.0 Å². The van der Waals surface area contributed by atoms with Crippen LogP contribution in [0.25, 0.3) is 0 Å². The number of nitrogens with two attached hydrogens (primary N) is 1. The van der Waals surface area contributed by atoms with Crippen LogP contribution in [0.2, 0.25) is 0 Å². The number of anilines is 1. The van der Waals surface area contributed by atoms with Gasteiger partial charge in [-0.2, -0.15) is 0 Å². The predicted octanol–water partition coefficient (Wildman–Crippen LogP) is 3.20. The molecule has 2 aromatic carbocycles. The van der Waals surface area contributed by atoms with Gasteiger partial charge in [0.1, 0.15) is 11.6 Å². The Kier molecular flexibility index (Phi) is 6.70. The number of benzene rings is 2. The summed E-state index contributed by atoms with van der Waals surface area (Å²) in [5.41, 5.74) is 7.51. The molecule has 0 spiro atoms.